The highest BCUT2D eigenvalue weighted by Crippen LogP contribution is 2.51. The van der Waals surface area contributed by atoms with Crippen LogP contribution in [-0.2, 0) is 6.54 Å². The Morgan fingerprint density at radius 2 is 2.16 bits per heavy atom. The molecule has 1 aliphatic rings. The second-order valence-corrected chi connectivity index (χ2v) is 5.66. The first-order valence-corrected chi connectivity index (χ1v) is 6.58. The van der Waals surface area contributed by atoms with Gasteiger partial charge in [0.15, 0.2) is 0 Å². The SMILES string of the molecule is CC(C)C1(CNCc2ccc([N+](=O)[O-])c(F)c2)CC1. The summed E-state index contributed by atoms with van der Waals surface area (Å²) in [6, 6.07) is 4.06. The molecule has 0 bridgehead atoms. The van der Waals surface area contributed by atoms with E-state index < -0.39 is 16.4 Å². The highest BCUT2D eigenvalue weighted by atomic mass is 19.1. The molecule has 0 aromatic heterocycles. The van der Waals surface area contributed by atoms with E-state index in [2.05, 4.69) is 19.2 Å². The van der Waals surface area contributed by atoms with Crippen LogP contribution in [0.2, 0.25) is 0 Å². The molecular weight excluding hydrogens is 247 g/mol. The summed E-state index contributed by atoms with van der Waals surface area (Å²) in [5, 5.41) is 13.8. The van der Waals surface area contributed by atoms with Crippen molar-refractivity contribution < 1.29 is 9.31 Å². The lowest BCUT2D eigenvalue weighted by molar-refractivity contribution is -0.387. The maximum atomic E-state index is 13.4. The minimum atomic E-state index is -0.769. The molecular formula is C14H19FN2O2. The van der Waals surface area contributed by atoms with Crippen LogP contribution in [0.15, 0.2) is 18.2 Å². The van der Waals surface area contributed by atoms with Crippen LogP contribution < -0.4 is 5.32 Å². The first-order chi connectivity index (χ1) is 8.94. The molecule has 1 aliphatic carbocycles. The summed E-state index contributed by atoms with van der Waals surface area (Å²) in [7, 11) is 0. The summed E-state index contributed by atoms with van der Waals surface area (Å²) in [4.78, 5) is 9.81. The summed E-state index contributed by atoms with van der Waals surface area (Å²) in [6.45, 7) is 5.91. The van der Waals surface area contributed by atoms with Crippen LogP contribution in [0.1, 0.15) is 32.3 Å². The second-order valence-electron chi connectivity index (χ2n) is 5.66. The van der Waals surface area contributed by atoms with Gasteiger partial charge in [0.25, 0.3) is 0 Å². The van der Waals surface area contributed by atoms with Gasteiger partial charge in [-0.3, -0.25) is 10.1 Å². The first-order valence-electron chi connectivity index (χ1n) is 6.58. The van der Waals surface area contributed by atoms with Crippen LogP contribution in [0.25, 0.3) is 0 Å². The predicted octanol–water partition coefficient (Wildman–Crippen LogP) is 3.26. The third-order valence-corrected chi connectivity index (χ3v) is 4.13. The van der Waals surface area contributed by atoms with Gasteiger partial charge < -0.3 is 5.32 Å². The van der Waals surface area contributed by atoms with Crippen molar-refractivity contribution in [3.05, 3.63) is 39.7 Å². The molecule has 0 saturated heterocycles. The minimum Gasteiger partial charge on any atom is -0.312 e. The van der Waals surface area contributed by atoms with Gasteiger partial charge in [0.2, 0.25) is 5.82 Å². The van der Waals surface area contributed by atoms with Crippen LogP contribution >= 0.6 is 0 Å². The molecule has 1 fully saturated rings. The van der Waals surface area contributed by atoms with E-state index in [4.69, 9.17) is 0 Å². The summed E-state index contributed by atoms with van der Waals surface area (Å²) in [5.74, 6) is -0.122. The fourth-order valence-corrected chi connectivity index (χ4v) is 2.38. The van der Waals surface area contributed by atoms with E-state index in [0.717, 1.165) is 12.1 Å². The van der Waals surface area contributed by atoms with Gasteiger partial charge in [0.05, 0.1) is 4.92 Å². The highest BCUT2D eigenvalue weighted by molar-refractivity contribution is 5.34. The van der Waals surface area contributed by atoms with Crippen molar-refractivity contribution in [3.8, 4) is 0 Å². The molecule has 0 radical (unpaired) electrons. The molecule has 2 rings (SSSR count). The number of benzene rings is 1. The van der Waals surface area contributed by atoms with Crippen molar-refractivity contribution in [3.63, 3.8) is 0 Å². The van der Waals surface area contributed by atoms with Crippen molar-refractivity contribution >= 4 is 5.69 Å². The fourth-order valence-electron chi connectivity index (χ4n) is 2.38. The molecule has 4 nitrogen and oxygen atoms in total. The predicted molar refractivity (Wildman–Crippen MR) is 71.3 cm³/mol. The zero-order valence-electron chi connectivity index (χ0n) is 11.3. The fraction of sp³-hybridized carbons (Fsp3) is 0.571. The number of nitrogens with one attached hydrogen (secondary N) is 1. The van der Waals surface area contributed by atoms with Crippen molar-refractivity contribution in [1.29, 1.82) is 0 Å². The van der Waals surface area contributed by atoms with Crippen LogP contribution in [0.5, 0.6) is 0 Å². The van der Waals surface area contributed by atoms with Gasteiger partial charge in [-0.05, 0) is 35.8 Å². The molecule has 1 aromatic carbocycles. The van der Waals surface area contributed by atoms with Crippen molar-refractivity contribution in [2.45, 2.75) is 33.2 Å². The van der Waals surface area contributed by atoms with Gasteiger partial charge in [0, 0.05) is 19.2 Å². The Morgan fingerprint density at radius 1 is 1.47 bits per heavy atom. The maximum Gasteiger partial charge on any atom is 0.304 e. The summed E-state index contributed by atoms with van der Waals surface area (Å²) in [6.07, 6.45) is 2.48. The average Bonchev–Trinajstić information content (AvgIpc) is 3.10. The molecule has 19 heavy (non-hydrogen) atoms. The lowest BCUT2D eigenvalue weighted by Gasteiger charge is -2.20. The van der Waals surface area contributed by atoms with Crippen molar-refractivity contribution in [2.75, 3.05) is 6.54 Å². The number of hydrogen-bond donors (Lipinski definition) is 1. The molecule has 0 atom stereocenters. The van der Waals surface area contributed by atoms with E-state index in [-0.39, 0.29) is 0 Å². The zero-order chi connectivity index (χ0) is 14.0. The van der Waals surface area contributed by atoms with Gasteiger partial charge in [-0.15, -0.1) is 0 Å². The van der Waals surface area contributed by atoms with Crippen LogP contribution in [-0.4, -0.2) is 11.5 Å². The normalized spacial score (nSPS) is 16.6. The lowest BCUT2D eigenvalue weighted by atomic mass is 9.92. The summed E-state index contributed by atoms with van der Waals surface area (Å²) >= 11 is 0. The maximum absolute atomic E-state index is 13.4. The Morgan fingerprint density at radius 3 is 2.63 bits per heavy atom. The van der Waals surface area contributed by atoms with Gasteiger partial charge in [-0.25, -0.2) is 0 Å². The smallest absolute Gasteiger partial charge is 0.304 e. The average molecular weight is 266 g/mol. The molecule has 1 saturated carbocycles. The summed E-state index contributed by atoms with van der Waals surface area (Å²) < 4.78 is 13.4. The number of halogens is 1. The van der Waals surface area contributed by atoms with Crippen molar-refractivity contribution in [1.82, 2.24) is 5.32 Å². The van der Waals surface area contributed by atoms with E-state index >= 15 is 0 Å². The molecule has 1 aromatic rings. The third kappa shape index (κ3) is 3.10. The first kappa shape index (κ1) is 13.9. The number of rotatable bonds is 6. The number of nitro groups is 1. The molecule has 1 N–H and O–H groups in total. The zero-order valence-corrected chi connectivity index (χ0v) is 11.3. The minimum absolute atomic E-state index is 0.402. The lowest BCUT2D eigenvalue weighted by Crippen LogP contribution is -2.27. The molecule has 0 unspecified atom stereocenters. The Hall–Kier alpha value is -1.49. The molecule has 5 heteroatoms. The van der Waals surface area contributed by atoms with E-state index in [1.165, 1.54) is 25.0 Å². The number of nitro benzene ring substituents is 1. The monoisotopic (exact) mass is 266 g/mol. The van der Waals surface area contributed by atoms with E-state index in [1.54, 1.807) is 6.07 Å². The Bertz CT molecular complexity index is 484. The van der Waals surface area contributed by atoms with Gasteiger partial charge in [-0.2, -0.15) is 4.39 Å². The quantitative estimate of drug-likeness (QED) is 0.635. The van der Waals surface area contributed by atoms with Crippen LogP contribution in [0, 0.1) is 27.3 Å². The molecule has 0 aliphatic heterocycles. The molecule has 104 valence electrons. The van der Waals surface area contributed by atoms with Gasteiger partial charge >= 0.3 is 5.69 Å². The Balaban J connectivity index is 1.90. The van der Waals surface area contributed by atoms with Gasteiger partial charge in [-0.1, -0.05) is 19.9 Å². The van der Waals surface area contributed by atoms with Crippen molar-refractivity contribution in [2.24, 2.45) is 11.3 Å². The third-order valence-electron chi connectivity index (χ3n) is 4.13. The van der Waals surface area contributed by atoms with E-state index in [9.17, 15) is 14.5 Å². The largest absolute Gasteiger partial charge is 0.312 e. The number of hydrogen-bond acceptors (Lipinski definition) is 3. The van der Waals surface area contributed by atoms with Crippen LogP contribution in [0.3, 0.4) is 0 Å². The molecule has 0 amide bonds. The second kappa shape index (κ2) is 5.25. The molecule has 0 heterocycles. The summed E-state index contributed by atoms with van der Waals surface area (Å²) in [5.41, 5.74) is 0.673. The Labute approximate surface area is 112 Å². The Kier molecular flexibility index (Phi) is 3.85. The van der Waals surface area contributed by atoms with Gasteiger partial charge in [0.1, 0.15) is 0 Å². The number of nitrogens with zero attached hydrogens (tertiary/aromatic N) is 1. The highest BCUT2D eigenvalue weighted by Gasteiger charge is 2.44. The topological polar surface area (TPSA) is 55.2 Å². The molecule has 0 spiro atoms. The van der Waals surface area contributed by atoms with Crippen LogP contribution in [0.4, 0.5) is 10.1 Å². The van der Waals surface area contributed by atoms with E-state index in [1.807, 2.05) is 0 Å². The van der Waals surface area contributed by atoms with E-state index in [0.29, 0.717) is 17.9 Å². The standard InChI is InChI=1S/C14H19FN2O2/c1-10(2)14(5-6-14)9-16-8-11-3-4-13(17(18)19)12(15)7-11/h3-4,7,10,16H,5-6,8-9H2,1-2H3.